The Morgan fingerprint density at radius 1 is 0.864 bits per heavy atom. The van der Waals surface area contributed by atoms with Gasteiger partial charge in [-0.15, -0.1) is 0 Å². The van der Waals surface area contributed by atoms with Gasteiger partial charge in [-0.2, -0.15) is 0 Å². The van der Waals surface area contributed by atoms with Gasteiger partial charge in [0.2, 0.25) is 0 Å². The van der Waals surface area contributed by atoms with Gasteiger partial charge in [-0.25, -0.2) is 4.98 Å². The summed E-state index contributed by atoms with van der Waals surface area (Å²) in [5.41, 5.74) is 6.43. The number of imidazole rings is 1. The second-order valence-electron chi connectivity index (χ2n) is 5.54. The van der Waals surface area contributed by atoms with Crippen LogP contribution in [0.3, 0.4) is 0 Å². The van der Waals surface area contributed by atoms with Crippen molar-refractivity contribution in [3.63, 3.8) is 0 Å². The maximum atomic E-state index is 4.55. The molecule has 0 radical (unpaired) electrons. The van der Waals surface area contributed by atoms with Crippen molar-refractivity contribution in [3.8, 4) is 11.1 Å². The Morgan fingerprint density at radius 3 is 2.36 bits per heavy atom. The molecule has 0 fully saturated rings. The molecule has 0 saturated carbocycles. The average Bonchev–Trinajstić information content (AvgIpc) is 2.97. The maximum Gasteiger partial charge on any atom is 0.0954 e. The quantitative estimate of drug-likeness (QED) is 0.664. The number of hydrogen-bond acceptors (Lipinski definition) is 1. The topological polar surface area (TPSA) is 17.8 Å². The van der Waals surface area contributed by atoms with Crippen molar-refractivity contribution >= 4 is 0 Å². The van der Waals surface area contributed by atoms with Crippen LogP contribution in [0.25, 0.3) is 11.1 Å². The second kappa shape index (κ2) is 6.61. The summed E-state index contributed by atoms with van der Waals surface area (Å²) < 4.78 is 2.28. The summed E-state index contributed by atoms with van der Waals surface area (Å²) in [5, 5.41) is 0. The van der Waals surface area contributed by atoms with Crippen LogP contribution in [0.5, 0.6) is 0 Å². The van der Waals surface area contributed by atoms with Gasteiger partial charge in [-0.05, 0) is 35.6 Å². The van der Waals surface area contributed by atoms with E-state index in [4.69, 9.17) is 0 Å². The third-order valence-corrected chi connectivity index (χ3v) is 4.09. The lowest BCUT2D eigenvalue weighted by Gasteiger charge is -2.10. The SMILES string of the molecule is CCc1ncn(Cc2cccc(-c3ccccc3)c2)c1CC. The molecule has 0 N–H and O–H groups in total. The van der Waals surface area contributed by atoms with Crippen LogP contribution in [0.2, 0.25) is 0 Å². The first kappa shape index (κ1) is 14.6. The summed E-state index contributed by atoms with van der Waals surface area (Å²) in [6.45, 7) is 5.26. The fourth-order valence-corrected chi connectivity index (χ4v) is 2.96. The third-order valence-electron chi connectivity index (χ3n) is 4.09. The average molecular weight is 290 g/mol. The summed E-state index contributed by atoms with van der Waals surface area (Å²) in [4.78, 5) is 4.55. The second-order valence-corrected chi connectivity index (χ2v) is 5.54. The highest BCUT2D eigenvalue weighted by molar-refractivity contribution is 5.63. The number of aryl methyl sites for hydroxylation is 1. The van der Waals surface area contributed by atoms with Crippen LogP contribution in [0.4, 0.5) is 0 Å². The molecule has 0 atom stereocenters. The van der Waals surface area contributed by atoms with Crippen LogP contribution < -0.4 is 0 Å². The highest BCUT2D eigenvalue weighted by Crippen LogP contribution is 2.21. The Hall–Kier alpha value is -2.35. The molecular weight excluding hydrogens is 268 g/mol. The van der Waals surface area contributed by atoms with E-state index in [-0.39, 0.29) is 0 Å². The Bertz CT molecular complexity index is 741. The summed E-state index contributed by atoms with van der Waals surface area (Å²) in [6, 6.07) is 19.3. The van der Waals surface area contributed by atoms with Gasteiger partial charge in [0.25, 0.3) is 0 Å². The van der Waals surface area contributed by atoms with Gasteiger partial charge in [-0.3, -0.25) is 0 Å². The van der Waals surface area contributed by atoms with E-state index in [0.29, 0.717) is 0 Å². The molecule has 1 heterocycles. The minimum absolute atomic E-state index is 0.886. The standard InChI is InChI=1S/C20H22N2/c1-3-19-20(4-2)22(15-21-19)14-16-9-8-12-18(13-16)17-10-6-5-7-11-17/h5-13,15H,3-4,14H2,1-2H3. The number of hydrogen-bond donors (Lipinski definition) is 0. The molecular formula is C20H22N2. The van der Waals surface area contributed by atoms with Crippen molar-refractivity contribution in [1.82, 2.24) is 9.55 Å². The first-order valence-electron chi connectivity index (χ1n) is 7.99. The molecule has 112 valence electrons. The fraction of sp³-hybridized carbons (Fsp3) is 0.250. The molecule has 2 heteroatoms. The zero-order chi connectivity index (χ0) is 15.4. The minimum Gasteiger partial charge on any atom is -0.330 e. The van der Waals surface area contributed by atoms with Crippen LogP contribution in [0.1, 0.15) is 30.8 Å². The first-order chi connectivity index (χ1) is 10.8. The van der Waals surface area contributed by atoms with Crippen LogP contribution in [0, 0.1) is 0 Å². The van der Waals surface area contributed by atoms with Gasteiger partial charge in [0.15, 0.2) is 0 Å². The summed E-state index contributed by atoms with van der Waals surface area (Å²) in [7, 11) is 0. The molecule has 0 amide bonds. The molecule has 0 aliphatic rings. The Kier molecular flexibility index (Phi) is 4.38. The lowest BCUT2D eigenvalue weighted by molar-refractivity contribution is 0.742. The zero-order valence-electron chi connectivity index (χ0n) is 13.3. The summed E-state index contributed by atoms with van der Waals surface area (Å²) in [5.74, 6) is 0. The van der Waals surface area contributed by atoms with Crippen molar-refractivity contribution < 1.29 is 0 Å². The van der Waals surface area contributed by atoms with Crippen molar-refractivity contribution in [1.29, 1.82) is 0 Å². The van der Waals surface area contributed by atoms with E-state index >= 15 is 0 Å². The van der Waals surface area contributed by atoms with Gasteiger partial charge in [0.05, 0.1) is 12.0 Å². The van der Waals surface area contributed by atoms with Gasteiger partial charge in [0.1, 0.15) is 0 Å². The van der Waals surface area contributed by atoms with E-state index in [1.807, 2.05) is 6.33 Å². The lowest BCUT2D eigenvalue weighted by Crippen LogP contribution is -2.04. The predicted molar refractivity (Wildman–Crippen MR) is 92.0 cm³/mol. The van der Waals surface area contributed by atoms with E-state index in [0.717, 1.165) is 19.4 Å². The van der Waals surface area contributed by atoms with Gasteiger partial charge in [0, 0.05) is 12.2 Å². The highest BCUT2D eigenvalue weighted by atomic mass is 15.1. The van der Waals surface area contributed by atoms with Crippen molar-refractivity contribution in [2.45, 2.75) is 33.2 Å². The molecule has 0 bridgehead atoms. The van der Waals surface area contributed by atoms with Crippen molar-refractivity contribution in [2.75, 3.05) is 0 Å². The molecule has 0 saturated heterocycles. The number of rotatable bonds is 5. The summed E-state index contributed by atoms with van der Waals surface area (Å²) >= 11 is 0. The number of nitrogens with zero attached hydrogens (tertiary/aromatic N) is 2. The van der Waals surface area contributed by atoms with Gasteiger partial charge < -0.3 is 4.57 Å². The highest BCUT2D eigenvalue weighted by Gasteiger charge is 2.08. The van der Waals surface area contributed by atoms with Crippen molar-refractivity contribution in [2.24, 2.45) is 0 Å². The van der Waals surface area contributed by atoms with E-state index in [2.05, 4.69) is 78.0 Å². The molecule has 0 unspecified atom stereocenters. The smallest absolute Gasteiger partial charge is 0.0954 e. The zero-order valence-corrected chi connectivity index (χ0v) is 13.3. The van der Waals surface area contributed by atoms with E-state index in [9.17, 15) is 0 Å². The molecule has 0 aliphatic carbocycles. The van der Waals surface area contributed by atoms with Crippen LogP contribution in [-0.2, 0) is 19.4 Å². The van der Waals surface area contributed by atoms with E-state index in [1.54, 1.807) is 0 Å². The minimum atomic E-state index is 0.886. The number of benzene rings is 2. The maximum absolute atomic E-state index is 4.55. The van der Waals surface area contributed by atoms with E-state index < -0.39 is 0 Å². The normalized spacial score (nSPS) is 10.8. The summed E-state index contributed by atoms with van der Waals surface area (Å²) in [6.07, 6.45) is 4.01. The molecule has 3 rings (SSSR count). The molecule has 2 nitrogen and oxygen atoms in total. The van der Waals surface area contributed by atoms with Crippen molar-refractivity contribution in [3.05, 3.63) is 77.9 Å². The number of aromatic nitrogens is 2. The Labute approximate surface area is 132 Å². The van der Waals surface area contributed by atoms with Crippen LogP contribution in [-0.4, -0.2) is 9.55 Å². The third kappa shape index (κ3) is 2.96. The lowest BCUT2D eigenvalue weighted by atomic mass is 10.0. The predicted octanol–water partition coefficient (Wildman–Crippen LogP) is 4.72. The fourth-order valence-electron chi connectivity index (χ4n) is 2.96. The largest absolute Gasteiger partial charge is 0.330 e. The Morgan fingerprint density at radius 2 is 1.64 bits per heavy atom. The Balaban J connectivity index is 1.89. The molecule has 0 spiro atoms. The monoisotopic (exact) mass is 290 g/mol. The molecule has 3 aromatic rings. The van der Waals surface area contributed by atoms with Crippen LogP contribution in [0.15, 0.2) is 60.9 Å². The van der Waals surface area contributed by atoms with Crippen LogP contribution >= 0.6 is 0 Å². The molecule has 1 aromatic heterocycles. The molecule has 22 heavy (non-hydrogen) atoms. The first-order valence-corrected chi connectivity index (χ1v) is 7.99. The van der Waals surface area contributed by atoms with Gasteiger partial charge in [-0.1, -0.05) is 62.4 Å². The van der Waals surface area contributed by atoms with Gasteiger partial charge >= 0.3 is 0 Å². The molecule has 0 aliphatic heterocycles. The molecule has 2 aromatic carbocycles. The van der Waals surface area contributed by atoms with E-state index in [1.165, 1.54) is 28.1 Å².